The van der Waals surface area contributed by atoms with Gasteiger partial charge in [-0.15, -0.1) is 0 Å². The van der Waals surface area contributed by atoms with Crippen molar-refractivity contribution in [1.29, 1.82) is 0 Å². The van der Waals surface area contributed by atoms with Gasteiger partial charge in [-0.05, 0) is 49.7 Å². The van der Waals surface area contributed by atoms with Crippen LogP contribution < -0.4 is 0 Å². The highest BCUT2D eigenvalue weighted by Gasteiger charge is 2.08. The van der Waals surface area contributed by atoms with Gasteiger partial charge >= 0.3 is 0 Å². The smallest absolute Gasteiger partial charge is 0.226 e. The Hall–Kier alpha value is -2.55. The number of rotatable bonds is 2. The van der Waals surface area contributed by atoms with E-state index in [0.29, 0.717) is 0 Å². The second kappa shape index (κ2) is 5.83. The number of aryl methyl sites for hydroxylation is 2. The Kier molecular flexibility index (Phi) is 3.73. The first-order valence-corrected chi connectivity index (χ1v) is 7.06. The zero-order chi connectivity index (χ0) is 14.7. The minimum Gasteiger partial charge on any atom is -0.457 e. The maximum atomic E-state index is 5.58. The molecule has 0 aliphatic carbocycles. The van der Waals surface area contributed by atoms with E-state index >= 15 is 0 Å². The molecule has 0 aliphatic rings. The Labute approximate surface area is 123 Å². The molecule has 21 heavy (non-hydrogen) atoms. The van der Waals surface area contributed by atoms with E-state index in [1.807, 2.05) is 61.5 Å². The third-order valence-corrected chi connectivity index (χ3v) is 3.31. The van der Waals surface area contributed by atoms with Crippen molar-refractivity contribution in [3.8, 4) is 11.5 Å². The van der Waals surface area contributed by atoms with E-state index in [0.717, 1.165) is 40.5 Å². The quantitative estimate of drug-likeness (QED) is 0.513. The predicted octanol–water partition coefficient (Wildman–Crippen LogP) is 5.08. The van der Waals surface area contributed by atoms with Crippen molar-refractivity contribution in [3.05, 3.63) is 66.1 Å². The number of furan rings is 2. The number of hydrogen-bond acceptors (Lipinski definition) is 3. The highest BCUT2D eigenvalue weighted by Crippen LogP contribution is 2.21. The summed E-state index contributed by atoms with van der Waals surface area (Å²) in [4.78, 5) is 4.43. The van der Waals surface area contributed by atoms with Crippen LogP contribution in [-0.4, -0.2) is 4.98 Å². The van der Waals surface area contributed by atoms with Crippen molar-refractivity contribution in [1.82, 2.24) is 4.98 Å². The molecule has 0 unspecified atom stereocenters. The van der Waals surface area contributed by atoms with E-state index in [-0.39, 0.29) is 0 Å². The summed E-state index contributed by atoms with van der Waals surface area (Å²) < 4.78 is 10.7. The zero-order valence-corrected chi connectivity index (χ0v) is 12.2. The molecule has 3 nitrogen and oxygen atoms in total. The molecule has 2 bridgehead atoms. The fraction of sp³-hybridized carbons (Fsp3) is 0.167. The van der Waals surface area contributed by atoms with E-state index in [2.05, 4.69) is 11.9 Å². The summed E-state index contributed by atoms with van der Waals surface area (Å²) in [6, 6.07) is 17.8. The Bertz CT molecular complexity index is 754. The largest absolute Gasteiger partial charge is 0.457 e. The summed E-state index contributed by atoms with van der Waals surface area (Å²) >= 11 is 0. The molecule has 0 atom stereocenters. The standard InChI is InChI=1S/C12H13NO.C6H4O/c1-3-11-9(2)14-12(13-11)10-7-5-4-6-8-10;1-2-6-4-3-5(1)7-6/h4-8H,3H2,1-2H3;1-4H. The molecule has 106 valence electrons. The Morgan fingerprint density at radius 2 is 1.48 bits per heavy atom. The molecular weight excluding hydrogens is 262 g/mol. The minimum atomic E-state index is 0.722. The third-order valence-electron chi connectivity index (χ3n) is 3.31. The molecule has 0 amide bonds. The van der Waals surface area contributed by atoms with Gasteiger partial charge in [-0.25, -0.2) is 4.98 Å². The second-order valence-electron chi connectivity index (χ2n) is 4.81. The lowest BCUT2D eigenvalue weighted by Gasteiger charge is -1.91. The number of oxazole rings is 1. The Morgan fingerprint density at radius 3 is 1.90 bits per heavy atom. The summed E-state index contributed by atoms with van der Waals surface area (Å²) in [5.74, 6) is 1.64. The third kappa shape index (κ3) is 2.97. The van der Waals surface area contributed by atoms with Crippen LogP contribution in [0.15, 0.2) is 63.4 Å². The van der Waals surface area contributed by atoms with Crippen LogP contribution in [0.2, 0.25) is 0 Å². The summed E-state index contributed by atoms with van der Waals surface area (Å²) in [6.07, 6.45) is 0.919. The molecule has 3 heteroatoms. The summed E-state index contributed by atoms with van der Waals surface area (Å²) in [6.45, 7) is 4.04. The normalized spacial score (nSPS) is 10.6. The molecular formula is C18H17NO2. The molecule has 0 aliphatic heterocycles. The molecule has 4 aromatic rings. The lowest BCUT2D eigenvalue weighted by atomic mass is 10.2. The van der Waals surface area contributed by atoms with Gasteiger partial charge in [0.05, 0.1) is 5.69 Å². The minimum absolute atomic E-state index is 0.722. The molecule has 3 aromatic heterocycles. The summed E-state index contributed by atoms with van der Waals surface area (Å²) in [5.41, 5.74) is 4.02. The molecule has 0 fully saturated rings. The molecule has 0 radical (unpaired) electrons. The molecule has 4 rings (SSSR count). The van der Waals surface area contributed by atoms with Crippen molar-refractivity contribution in [3.63, 3.8) is 0 Å². The molecule has 0 saturated heterocycles. The van der Waals surface area contributed by atoms with Gasteiger partial charge in [0, 0.05) is 5.56 Å². The Morgan fingerprint density at radius 1 is 0.857 bits per heavy atom. The van der Waals surface area contributed by atoms with E-state index < -0.39 is 0 Å². The molecule has 0 saturated carbocycles. The van der Waals surface area contributed by atoms with Crippen LogP contribution in [-0.2, 0) is 6.42 Å². The first-order chi connectivity index (χ1) is 10.3. The first-order valence-electron chi connectivity index (χ1n) is 7.06. The topological polar surface area (TPSA) is 39.2 Å². The van der Waals surface area contributed by atoms with E-state index in [1.165, 1.54) is 0 Å². The SMILES string of the molecule is CCc1nc(-c2ccccc2)oc1C.c1cc2ccc1o2. The fourth-order valence-electron chi connectivity index (χ4n) is 2.17. The summed E-state index contributed by atoms with van der Waals surface area (Å²) in [7, 11) is 0. The van der Waals surface area contributed by atoms with Gasteiger partial charge in [-0.3, -0.25) is 0 Å². The average molecular weight is 279 g/mol. The van der Waals surface area contributed by atoms with Crippen LogP contribution in [0.5, 0.6) is 0 Å². The van der Waals surface area contributed by atoms with Crippen molar-refractivity contribution in [2.75, 3.05) is 0 Å². The van der Waals surface area contributed by atoms with Crippen molar-refractivity contribution in [2.45, 2.75) is 20.3 Å². The van der Waals surface area contributed by atoms with Gasteiger partial charge < -0.3 is 8.83 Å². The maximum absolute atomic E-state index is 5.58. The number of hydrogen-bond donors (Lipinski definition) is 0. The van der Waals surface area contributed by atoms with Gasteiger partial charge in [0.2, 0.25) is 5.89 Å². The van der Waals surface area contributed by atoms with Crippen LogP contribution >= 0.6 is 0 Å². The van der Waals surface area contributed by atoms with Crippen LogP contribution in [0.1, 0.15) is 18.4 Å². The van der Waals surface area contributed by atoms with Gasteiger partial charge in [0.15, 0.2) is 0 Å². The highest BCUT2D eigenvalue weighted by molar-refractivity contribution is 5.59. The van der Waals surface area contributed by atoms with E-state index in [1.54, 1.807) is 0 Å². The van der Waals surface area contributed by atoms with Gasteiger partial charge in [-0.2, -0.15) is 0 Å². The van der Waals surface area contributed by atoms with Crippen LogP contribution in [0.3, 0.4) is 0 Å². The van der Waals surface area contributed by atoms with Crippen molar-refractivity contribution in [2.24, 2.45) is 0 Å². The Balaban J connectivity index is 0.000000156. The summed E-state index contributed by atoms with van der Waals surface area (Å²) in [5, 5.41) is 0. The fourth-order valence-corrected chi connectivity index (χ4v) is 2.17. The van der Waals surface area contributed by atoms with Crippen LogP contribution in [0.25, 0.3) is 22.6 Å². The zero-order valence-electron chi connectivity index (χ0n) is 12.2. The van der Waals surface area contributed by atoms with Crippen molar-refractivity contribution < 1.29 is 8.83 Å². The van der Waals surface area contributed by atoms with Gasteiger partial charge in [0.1, 0.15) is 16.9 Å². The number of benzene rings is 2. The van der Waals surface area contributed by atoms with Gasteiger partial charge in [-0.1, -0.05) is 25.1 Å². The monoisotopic (exact) mass is 279 g/mol. The molecule has 0 N–H and O–H groups in total. The number of nitrogens with zero attached hydrogens (tertiary/aromatic N) is 1. The first kappa shape index (κ1) is 13.4. The number of fused-ring (bicyclic) bond motifs is 2. The van der Waals surface area contributed by atoms with Crippen LogP contribution in [0.4, 0.5) is 0 Å². The second-order valence-corrected chi connectivity index (χ2v) is 4.81. The lowest BCUT2D eigenvalue weighted by Crippen LogP contribution is -1.82. The van der Waals surface area contributed by atoms with Crippen LogP contribution in [0, 0.1) is 6.92 Å². The van der Waals surface area contributed by atoms with E-state index in [9.17, 15) is 0 Å². The highest BCUT2D eigenvalue weighted by atomic mass is 16.4. The maximum Gasteiger partial charge on any atom is 0.226 e. The molecule has 0 spiro atoms. The van der Waals surface area contributed by atoms with Crippen molar-refractivity contribution >= 4 is 11.2 Å². The van der Waals surface area contributed by atoms with Gasteiger partial charge in [0.25, 0.3) is 0 Å². The number of aromatic nitrogens is 1. The average Bonchev–Trinajstić information content (AvgIpc) is 3.25. The van der Waals surface area contributed by atoms with E-state index in [4.69, 9.17) is 8.83 Å². The predicted molar refractivity (Wildman–Crippen MR) is 83.5 cm³/mol. The lowest BCUT2D eigenvalue weighted by molar-refractivity contribution is 0.539. The molecule has 1 aromatic carbocycles. The molecule has 3 heterocycles.